The lowest BCUT2D eigenvalue weighted by molar-refractivity contribution is -0.143. The van der Waals surface area contributed by atoms with Crippen molar-refractivity contribution in [3.8, 4) is 5.75 Å². The Morgan fingerprint density at radius 3 is 1.71 bits per heavy atom. The number of phenols is 1. The second-order valence-corrected chi connectivity index (χ2v) is 10.5. The average Bonchev–Trinajstić information content (AvgIpc) is 2.93. The highest BCUT2D eigenvalue weighted by Gasteiger charge is 2.34. The number of phenolic OH excluding ortho intramolecular Hbond substituents is 1. The molecule has 6 amide bonds. The number of carbonyl (C=O) groups is 8. The van der Waals surface area contributed by atoms with E-state index in [-0.39, 0.29) is 25.0 Å². The summed E-state index contributed by atoms with van der Waals surface area (Å²) >= 11 is 0. The molecule has 18 heteroatoms. The molecule has 248 valence electrons. The Morgan fingerprint density at radius 2 is 1.22 bits per heavy atom. The molecular weight excluding hydrogens is 598 g/mol. The van der Waals surface area contributed by atoms with E-state index in [4.69, 9.17) is 17.2 Å². The zero-order valence-corrected chi connectivity index (χ0v) is 24.6. The van der Waals surface area contributed by atoms with Crippen molar-refractivity contribution in [2.75, 3.05) is 0 Å². The topological polar surface area (TPSA) is 323 Å². The standard InChI is InChI=1S/C27H39N7O11/c1-12(2)22(26(43)33-18(27(44)45)9-13-3-5-14(35)6-4-13)34-25(42)17(11-21(38)39)32-24(41)16(10-20(30)37)31-23(40)15(28)7-8-19(29)36/h3-6,12,15-18,22,35H,7-11,28H2,1-2H3,(H2,29,36)(H2,30,37)(H,31,40)(H,32,41)(H,33,43)(H,34,42)(H,38,39)(H,44,45)/t15-,16-,17-,18-,22-/m0/s1. The minimum Gasteiger partial charge on any atom is -0.508 e. The number of benzene rings is 1. The largest absolute Gasteiger partial charge is 0.508 e. The van der Waals surface area contributed by atoms with Crippen LogP contribution < -0.4 is 38.5 Å². The second kappa shape index (κ2) is 17.8. The number of carboxylic acids is 2. The Bertz CT molecular complexity index is 1270. The summed E-state index contributed by atoms with van der Waals surface area (Å²) < 4.78 is 0. The van der Waals surface area contributed by atoms with Crippen LogP contribution in [0, 0.1) is 5.92 Å². The summed E-state index contributed by atoms with van der Waals surface area (Å²) in [6.07, 6.45) is -2.37. The third kappa shape index (κ3) is 13.7. The van der Waals surface area contributed by atoms with Crippen LogP contribution in [-0.2, 0) is 44.8 Å². The molecule has 1 rings (SSSR count). The van der Waals surface area contributed by atoms with Crippen molar-refractivity contribution in [1.29, 1.82) is 0 Å². The molecular formula is C27H39N7O11. The van der Waals surface area contributed by atoms with Crippen LogP contribution in [0.3, 0.4) is 0 Å². The molecule has 18 nitrogen and oxygen atoms in total. The molecule has 5 atom stereocenters. The molecule has 45 heavy (non-hydrogen) atoms. The minimum absolute atomic E-state index is 0.0487. The number of primary amides is 2. The number of amides is 6. The van der Waals surface area contributed by atoms with Crippen molar-refractivity contribution in [2.24, 2.45) is 23.1 Å². The molecule has 0 bridgehead atoms. The highest BCUT2D eigenvalue weighted by Crippen LogP contribution is 2.12. The Balaban J connectivity index is 3.10. The maximum atomic E-state index is 13.1. The Labute approximate surface area is 257 Å². The lowest BCUT2D eigenvalue weighted by atomic mass is 10.0. The van der Waals surface area contributed by atoms with Gasteiger partial charge in [-0.25, -0.2) is 4.79 Å². The molecule has 0 fully saturated rings. The maximum absolute atomic E-state index is 13.1. The van der Waals surface area contributed by atoms with Gasteiger partial charge in [0.25, 0.3) is 0 Å². The van der Waals surface area contributed by atoms with E-state index in [0.717, 1.165) is 0 Å². The predicted molar refractivity (Wildman–Crippen MR) is 154 cm³/mol. The molecule has 0 heterocycles. The van der Waals surface area contributed by atoms with Crippen LogP contribution in [0.15, 0.2) is 24.3 Å². The van der Waals surface area contributed by atoms with Gasteiger partial charge in [0.15, 0.2) is 0 Å². The van der Waals surface area contributed by atoms with Crippen LogP contribution in [-0.4, -0.2) is 92.9 Å². The van der Waals surface area contributed by atoms with E-state index in [2.05, 4.69) is 21.3 Å². The number of aromatic hydroxyl groups is 1. The van der Waals surface area contributed by atoms with Gasteiger partial charge in [0.1, 0.15) is 29.9 Å². The number of carboxylic acid groups (broad SMARTS) is 2. The SMILES string of the molecule is CC(C)[C@H](NC(=O)[C@H](CC(=O)O)NC(=O)[C@H](CC(N)=O)NC(=O)[C@@H](N)CCC(N)=O)C(=O)N[C@@H](Cc1ccc(O)cc1)C(=O)O. The fourth-order valence-electron chi connectivity index (χ4n) is 3.89. The summed E-state index contributed by atoms with van der Waals surface area (Å²) in [4.78, 5) is 97.5. The minimum atomic E-state index is -1.83. The zero-order chi connectivity index (χ0) is 34.4. The van der Waals surface area contributed by atoms with Gasteiger partial charge >= 0.3 is 11.9 Å². The van der Waals surface area contributed by atoms with Crippen LogP contribution >= 0.6 is 0 Å². The molecule has 0 radical (unpaired) electrons. The molecule has 0 unspecified atom stereocenters. The second-order valence-electron chi connectivity index (χ2n) is 10.5. The number of aliphatic carboxylic acids is 2. The van der Waals surface area contributed by atoms with Crippen molar-refractivity contribution in [3.05, 3.63) is 29.8 Å². The monoisotopic (exact) mass is 637 g/mol. The number of hydrogen-bond acceptors (Lipinski definition) is 10. The van der Waals surface area contributed by atoms with Crippen molar-refractivity contribution in [1.82, 2.24) is 21.3 Å². The smallest absolute Gasteiger partial charge is 0.326 e. The predicted octanol–water partition coefficient (Wildman–Crippen LogP) is -3.44. The van der Waals surface area contributed by atoms with Gasteiger partial charge in [-0.05, 0) is 30.0 Å². The lowest BCUT2D eigenvalue weighted by Crippen LogP contribution is -2.60. The van der Waals surface area contributed by atoms with E-state index in [0.29, 0.717) is 5.56 Å². The summed E-state index contributed by atoms with van der Waals surface area (Å²) in [5.41, 5.74) is 16.3. The van der Waals surface area contributed by atoms with Crippen LogP contribution in [0.4, 0.5) is 0 Å². The van der Waals surface area contributed by atoms with Gasteiger partial charge in [-0.15, -0.1) is 0 Å². The Kier molecular flexibility index (Phi) is 14.9. The molecule has 0 saturated carbocycles. The van der Waals surface area contributed by atoms with Crippen LogP contribution in [0.2, 0.25) is 0 Å². The number of hydrogen-bond donors (Lipinski definition) is 10. The van der Waals surface area contributed by atoms with Crippen molar-refractivity contribution < 1.29 is 53.7 Å². The first kappa shape index (κ1) is 37.8. The highest BCUT2D eigenvalue weighted by atomic mass is 16.4. The van der Waals surface area contributed by atoms with E-state index in [1.54, 1.807) is 0 Å². The quantitative estimate of drug-likeness (QED) is 0.0708. The van der Waals surface area contributed by atoms with E-state index >= 15 is 0 Å². The third-order valence-electron chi connectivity index (χ3n) is 6.33. The fraction of sp³-hybridized carbons (Fsp3) is 0.481. The third-order valence-corrected chi connectivity index (χ3v) is 6.33. The molecule has 0 aliphatic rings. The number of nitrogens with one attached hydrogen (secondary N) is 4. The Morgan fingerprint density at radius 1 is 0.711 bits per heavy atom. The molecule has 13 N–H and O–H groups in total. The van der Waals surface area contributed by atoms with E-state index in [9.17, 15) is 53.7 Å². The Hall–Kier alpha value is -5.26. The van der Waals surface area contributed by atoms with Gasteiger partial charge in [-0.3, -0.25) is 33.6 Å². The van der Waals surface area contributed by atoms with E-state index in [1.807, 2.05) is 0 Å². The molecule has 0 saturated heterocycles. The average molecular weight is 638 g/mol. The normalized spacial score (nSPS) is 14.1. The first-order chi connectivity index (χ1) is 20.9. The summed E-state index contributed by atoms with van der Waals surface area (Å²) in [7, 11) is 0. The van der Waals surface area contributed by atoms with Gasteiger partial charge in [-0.2, -0.15) is 0 Å². The van der Waals surface area contributed by atoms with Crippen LogP contribution in [0.25, 0.3) is 0 Å². The fourth-order valence-corrected chi connectivity index (χ4v) is 3.89. The first-order valence-corrected chi connectivity index (χ1v) is 13.7. The van der Waals surface area contributed by atoms with Crippen LogP contribution in [0.5, 0.6) is 5.75 Å². The lowest BCUT2D eigenvalue weighted by Gasteiger charge is -2.27. The van der Waals surface area contributed by atoms with Crippen molar-refractivity contribution in [2.45, 2.75) is 76.2 Å². The number of rotatable bonds is 19. The van der Waals surface area contributed by atoms with Gasteiger partial charge in [0.05, 0.1) is 18.9 Å². The zero-order valence-electron chi connectivity index (χ0n) is 24.6. The first-order valence-electron chi connectivity index (χ1n) is 13.7. The van der Waals surface area contributed by atoms with E-state index in [1.165, 1.54) is 38.1 Å². The molecule has 0 aliphatic heterocycles. The van der Waals surface area contributed by atoms with E-state index < -0.39 is 96.4 Å². The number of carbonyl (C=O) groups excluding carboxylic acids is 6. The summed E-state index contributed by atoms with van der Waals surface area (Å²) in [6, 6.07) is -2.08. The highest BCUT2D eigenvalue weighted by molar-refractivity contribution is 5.98. The van der Waals surface area contributed by atoms with Gasteiger partial charge < -0.3 is 53.8 Å². The molecule has 1 aromatic carbocycles. The molecule has 0 aliphatic carbocycles. The van der Waals surface area contributed by atoms with Gasteiger partial charge in [-0.1, -0.05) is 26.0 Å². The van der Waals surface area contributed by atoms with Crippen molar-refractivity contribution in [3.63, 3.8) is 0 Å². The van der Waals surface area contributed by atoms with Crippen LogP contribution in [0.1, 0.15) is 45.1 Å². The molecule has 0 spiro atoms. The summed E-state index contributed by atoms with van der Waals surface area (Å²) in [6.45, 7) is 3.04. The van der Waals surface area contributed by atoms with Gasteiger partial charge in [0.2, 0.25) is 35.4 Å². The molecule has 0 aromatic heterocycles. The van der Waals surface area contributed by atoms with Crippen molar-refractivity contribution >= 4 is 47.4 Å². The summed E-state index contributed by atoms with van der Waals surface area (Å²) in [5, 5.41) is 37.3. The van der Waals surface area contributed by atoms with Gasteiger partial charge in [0, 0.05) is 12.8 Å². The summed E-state index contributed by atoms with van der Waals surface area (Å²) in [5.74, 6) is -9.63. The molecule has 1 aromatic rings. The maximum Gasteiger partial charge on any atom is 0.326 e. The number of nitrogens with two attached hydrogens (primary N) is 3.